The summed E-state index contributed by atoms with van der Waals surface area (Å²) in [6.07, 6.45) is 3.05. The lowest BCUT2D eigenvalue weighted by Crippen LogP contribution is -2.10. The first kappa shape index (κ1) is 18.2. The minimum atomic E-state index is -1.04. The molecule has 2 aromatic carbocycles. The van der Waals surface area contributed by atoms with Gasteiger partial charge < -0.3 is 19.9 Å². The Bertz CT molecular complexity index is 781. The highest BCUT2D eigenvalue weighted by atomic mass is 16.7. The van der Waals surface area contributed by atoms with Gasteiger partial charge in [0.25, 0.3) is 0 Å². The summed E-state index contributed by atoms with van der Waals surface area (Å²) >= 11 is 0. The fraction of sp³-hybridized carbons (Fsp3) is 0.158. The zero-order valence-electron chi connectivity index (χ0n) is 14.0. The Labute approximate surface area is 145 Å². The molecule has 0 aliphatic heterocycles. The van der Waals surface area contributed by atoms with E-state index in [9.17, 15) is 9.59 Å². The van der Waals surface area contributed by atoms with Gasteiger partial charge in [-0.3, -0.25) is 4.79 Å². The molecule has 130 valence electrons. The summed E-state index contributed by atoms with van der Waals surface area (Å²) in [6.45, 7) is 1.97. The van der Waals surface area contributed by atoms with Crippen molar-refractivity contribution in [1.82, 2.24) is 0 Å². The Morgan fingerprint density at radius 1 is 1.16 bits per heavy atom. The van der Waals surface area contributed by atoms with E-state index in [-0.39, 0.29) is 18.3 Å². The van der Waals surface area contributed by atoms with E-state index < -0.39 is 5.97 Å². The van der Waals surface area contributed by atoms with Crippen molar-refractivity contribution >= 4 is 23.6 Å². The highest BCUT2D eigenvalue weighted by molar-refractivity contribution is 6.03. The molecule has 6 nitrogen and oxygen atoms in total. The molecule has 0 unspecified atom stereocenters. The molecule has 6 heteroatoms. The van der Waals surface area contributed by atoms with Crippen molar-refractivity contribution in [3.05, 3.63) is 65.2 Å². The van der Waals surface area contributed by atoms with Gasteiger partial charge in [-0.15, -0.1) is 0 Å². The fourth-order valence-electron chi connectivity index (χ4n) is 2.04. The van der Waals surface area contributed by atoms with Crippen LogP contribution in [0.2, 0.25) is 0 Å². The maximum Gasteiger partial charge on any atom is 0.335 e. The van der Waals surface area contributed by atoms with E-state index in [0.717, 1.165) is 11.1 Å². The number of methoxy groups -OCH3 is 1. The topological polar surface area (TPSA) is 84.9 Å². The maximum absolute atomic E-state index is 12.0. The van der Waals surface area contributed by atoms with Crippen LogP contribution in [0.15, 0.2) is 48.5 Å². The molecule has 0 saturated heterocycles. The highest BCUT2D eigenvalue weighted by Gasteiger charge is 2.07. The molecule has 2 rings (SSSR count). The molecule has 0 heterocycles. The molecule has 1 amide bonds. The van der Waals surface area contributed by atoms with Crippen molar-refractivity contribution < 1.29 is 24.2 Å². The van der Waals surface area contributed by atoms with Crippen molar-refractivity contribution in [1.29, 1.82) is 0 Å². The van der Waals surface area contributed by atoms with Crippen LogP contribution >= 0.6 is 0 Å². The summed E-state index contributed by atoms with van der Waals surface area (Å²) < 4.78 is 10.1. The average Bonchev–Trinajstić information content (AvgIpc) is 2.60. The zero-order valence-corrected chi connectivity index (χ0v) is 14.0. The molecule has 0 spiro atoms. The van der Waals surface area contributed by atoms with Crippen LogP contribution in [0, 0.1) is 6.92 Å². The van der Waals surface area contributed by atoms with Gasteiger partial charge in [-0.05, 0) is 48.4 Å². The lowest BCUT2D eigenvalue weighted by Gasteiger charge is -2.07. The largest absolute Gasteiger partial charge is 0.478 e. The molecule has 2 N–H and O–H groups in total. The van der Waals surface area contributed by atoms with Gasteiger partial charge in [0, 0.05) is 18.9 Å². The molecule has 0 aliphatic rings. The average molecular weight is 341 g/mol. The molecule has 0 fully saturated rings. The normalized spacial score (nSPS) is 10.6. The van der Waals surface area contributed by atoms with Gasteiger partial charge in [0.05, 0.1) is 5.56 Å². The Morgan fingerprint density at radius 3 is 2.52 bits per heavy atom. The summed E-state index contributed by atoms with van der Waals surface area (Å²) in [5, 5.41) is 11.7. The monoisotopic (exact) mass is 341 g/mol. The van der Waals surface area contributed by atoms with Crippen LogP contribution in [0.25, 0.3) is 6.08 Å². The number of anilines is 1. The maximum atomic E-state index is 12.0. The van der Waals surface area contributed by atoms with Crippen LogP contribution in [0.3, 0.4) is 0 Å². The molecule has 0 aromatic heterocycles. The van der Waals surface area contributed by atoms with Crippen molar-refractivity contribution in [2.75, 3.05) is 19.2 Å². The van der Waals surface area contributed by atoms with Crippen molar-refractivity contribution in [2.24, 2.45) is 0 Å². The number of ether oxygens (including phenoxy) is 2. The van der Waals surface area contributed by atoms with E-state index in [4.69, 9.17) is 14.6 Å². The van der Waals surface area contributed by atoms with Gasteiger partial charge in [0.2, 0.25) is 5.91 Å². The summed E-state index contributed by atoms with van der Waals surface area (Å²) in [7, 11) is 1.55. The number of aromatic carboxylic acids is 1. The van der Waals surface area contributed by atoms with E-state index in [2.05, 4.69) is 5.32 Å². The second-order valence-corrected chi connectivity index (χ2v) is 5.28. The first-order valence-electron chi connectivity index (χ1n) is 7.54. The van der Waals surface area contributed by atoms with E-state index in [1.807, 2.05) is 12.1 Å². The number of benzene rings is 2. The lowest BCUT2D eigenvalue weighted by atomic mass is 10.1. The molecule has 25 heavy (non-hydrogen) atoms. The van der Waals surface area contributed by atoms with Gasteiger partial charge in [0.15, 0.2) is 6.79 Å². The number of carbonyl (C=O) groups is 2. The predicted molar refractivity (Wildman–Crippen MR) is 94.7 cm³/mol. The minimum absolute atomic E-state index is 0.122. The Hall–Kier alpha value is -3.12. The first-order valence-corrected chi connectivity index (χ1v) is 7.54. The predicted octanol–water partition coefficient (Wildman–Crippen LogP) is 3.33. The number of carboxylic acid groups (broad SMARTS) is 1. The Morgan fingerprint density at radius 2 is 1.88 bits per heavy atom. The van der Waals surface area contributed by atoms with E-state index in [1.54, 1.807) is 38.3 Å². The summed E-state index contributed by atoms with van der Waals surface area (Å²) in [5.41, 5.74) is 2.21. The number of carboxylic acids is 1. The van der Waals surface area contributed by atoms with Gasteiger partial charge >= 0.3 is 5.97 Å². The molecular weight excluding hydrogens is 322 g/mol. The third-order valence-corrected chi connectivity index (χ3v) is 3.39. The van der Waals surface area contributed by atoms with Gasteiger partial charge in [-0.2, -0.15) is 0 Å². The molecular formula is C19H19NO5. The molecule has 0 aliphatic carbocycles. The van der Waals surface area contributed by atoms with Crippen LogP contribution < -0.4 is 10.1 Å². The standard InChI is InChI=1S/C19H19NO5/c1-13-3-7-15(19(22)23)11-17(13)20-18(21)10-6-14-4-8-16(9-5-14)25-12-24-2/h3-11H,12H2,1-2H3,(H,20,21)(H,22,23)/b10-6+. The summed E-state index contributed by atoms with van der Waals surface area (Å²) in [4.78, 5) is 23.1. The van der Waals surface area contributed by atoms with Crippen LogP contribution in [0.4, 0.5) is 5.69 Å². The van der Waals surface area contributed by atoms with Crippen LogP contribution in [-0.2, 0) is 9.53 Å². The fourth-order valence-corrected chi connectivity index (χ4v) is 2.04. The molecule has 0 atom stereocenters. The minimum Gasteiger partial charge on any atom is -0.478 e. The molecule has 2 aromatic rings. The molecule has 0 radical (unpaired) electrons. The molecule has 0 bridgehead atoms. The number of hydrogen-bond acceptors (Lipinski definition) is 4. The van der Waals surface area contributed by atoms with Gasteiger partial charge in [-0.25, -0.2) is 4.79 Å². The van der Waals surface area contributed by atoms with Crippen molar-refractivity contribution in [3.8, 4) is 5.75 Å². The van der Waals surface area contributed by atoms with Gasteiger partial charge in [0.1, 0.15) is 5.75 Å². The number of aryl methyl sites for hydroxylation is 1. The number of carbonyl (C=O) groups excluding carboxylic acids is 1. The van der Waals surface area contributed by atoms with Gasteiger partial charge in [-0.1, -0.05) is 18.2 Å². The van der Waals surface area contributed by atoms with Crippen LogP contribution in [0.5, 0.6) is 5.75 Å². The number of amides is 1. The summed E-state index contributed by atoms with van der Waals surface area (Å²) in [5.74, 6) is -0.711. The molecule has 0 saturated carbocycles. The quantitative estimate of drug-likeness (QED) is 0.596. The van der Waals surface area contributed by atoms with E-state index in [1.165, 1.54) is 18.2 Å². The lowest BCUT2D eigenvalue weighted by molar-refractivity contribution is -0.111. The summed E-state index contributed by atoms with van der Waals surface area (Å²) in [6, 6.07) is 11.8. The second-order valence-electron chi connectivity index (χ2n) is 5.28. The SMILES string of the molecule is COCOc1ccc(/C=C/C(=O)Nc2cc(C(=O)O)ccc2C)cc1. The smallest absolute Gasteiger partial charge is 0.335 e. The van der Waals surface area contributed by atoms with Crippen molar-refractivity contribution in [3.63, 3.8) is 0 Å². The Kier molecular flexibility index (Phi) is 6.31. The van der Waals surface area contributed by atoms with E-state index >= 15 is 0 Å². The number of hydrogen-bond donors (Lipinski definition) is 2. The Balaban J connectivity index is 2.01. The zero-order chi connectivity index (χ0) is 18.2. The van der Waals surface area contributed by atoms with Crippen LogP contribution in [-0.4, -0.2) is 30.9 Å². The van der Waals surface area contributed by atoms with Crippen LogP contribution in [0.1, 0.15) is 21.5 Å². The third kappa shape index (κ3) is 5.47. The second kappa shape index (κ2) is 8.65. The number of nitrogens with one attached hydrogen (secondary N) is 1. The third-order valence-electron chi connectivity index (χ3n) is 3.39. The number of rotatable bonds is 7. The van der Waals surface area contributed by atoms with E-state index in [0.29, 0.717) is 11.4 Å². The highest BCUT2D eigenvalue weighted by Crippen LogP contribution is 2.17. The van der Waals surface area contributed by atoms with Crippen molar-refractivity contribution in [2.45, 2.75) is 6.92 Å². The first-order chi connectivity index (χ1) is 12.0.